The second-order valence-corrected chi connectivity index (χ2v) is 7.36. The van der Waals surface area contributed by atoms with Crippen LogP contribution in [0.3, 0.4) is 0 Å². The number of fused-ring (bicyclic) bond motifs is 1. The molecule has 0 aliphatic rings. The summed E-state index contributed by atoms with van der Waals surface area (Å²) in [6.45, 7) is 0. The largest absolute Gasteiger partial charge is 0.228 e. The molecule has 2 heterocycles. The Balaban J connectivity index is 1.77. The first-order valence-corrected chi connectivity index (χ1v) is 10.1. The summed E-state index contributed by atoms with van der Waals surface area (Å²) >= 11 is 6.44. The number of pyridine rings is 1. The van der Waals surface area contributed by atoms with Gasteiger partial charge in [-0.1, -0.05) is 103 Å². The zero-order valence-electron chi connectivity index (χ0n) is 16.1. The first-order valence-electron chi connectivity index (χ1n) is 9.72. The average molecular weight is 408 g/mol. The molecule has 4 heteroatoms. The van der Waals surface area contributed by atoms with Crippen LogP contribution in [0.5, 0.6) is 0 Å². The van der Waals surface area contributed by atoms with Gasteiger partial charge in [0.05, 0.1) is 22.4 Å². The van der Waals surface area contributed by atoms with E-state index in [9.17, 15) is 0 Å². The molecule has 0 N–H and O–H groups in total. The van der Waals surface area contributed by atoms with Crippen LogP contribution < -0.4 is 0 Å². The molecule has 30 heavy (non-hydrogen) atoms. The molecular formula is C26H18ClN3. The SMILES string of the molecule is Clc1cnn2c(N=C(c3ccccc3)c3ccccc3)cc(-c3ccccc3)cc12. The van der Waals surface area contributed by atoms with Crippen LogP contribution >= 0.6 is 11.6 Å². The van der Waals surface area contributed by atoms with Crippen LogP contribution in [-0.2, 0) is 0 Å². The lowest BCUT2D eigenvalue weighted by Gasteiger charge is -2.10. The number of nitrogens with zero attached hydrogens (tertiary/aromatic N) is 3. The van der Waals surface area contributed by atoms with E-state index in [0.717, 1.165) is 39.3 Å². The van der Waals surface area contributed by atoms with Crippen LogP contribution in [0, 0.1) is 0 Å². The summed E-state index contributed by atoms with van der Waals surface area (Å²) in [5, 5.41) is 5.07. The Labute approximate surface area is 179 Å². The van der Waals surface area contributed by atoms with Crippen molar-refractivity contribution >= 4 is 28.6 Å². The van der Waals surface area contributed by atoms with E-state index in [-0.39, 0.29) is 0 Å². The van der Waals surface area contributed by atoms with Crippen molar-refractivity contribution in [3.05, 3.63) is 125 Å². The fourth-order valence-corrected chi connectivity index (χ4v) is 3.70. The Bertz CT molecular complexity index is 1280. The highest BCUT2D eigenvalue weighted by molar-refractivity contribution is 6.33. The Morgan fingerprint density at radius 2 is 1.27 bits per heavy atom. The van der Waals surface area contributed by atoms with Crippen molar-refractivity contribution in [1.82, 2.24) is 9.61 Å². The molecular weight excluding hydrogens is 390 g/mol. The van der Waals surface area contributed by atoms with Crippen molar-refractivity contribution in [1.29, 1.82) is 0 Å². The summed E-state index contributed by atoms with van der Waals surface area (Å²) < 4.78 is 1.79. The van der Waals surface area contributed by atoms with Crippen molar-refractivity contribution in [2.75, 3.05) is 0 Å². The van der Waals surface area contributed by atoms with Gasteiger partial charge in [-0.2, -0.15) is 5.10 Å². The molecule has 0 bridgehead atoms. The lowest BCUT2D eigenvalue weighted by atomic mass is 10.0. The molecule has 5 aromatic rings. The zero-order valence-corrected chi connectivity index (χ0v) is 16.9. The molecule has 0 amide bonds. The maximum absolute atomic E-state index is 6.44. The van der Waals surface area contributed by atoms with E-state index in [1.807, 2.05) is 60.7 Å². The molecule has 3 nitrogen and oxygen atoms in total. The molecule has 3 aromatic carbocycles. The van der Waals surface area contributed by atoms with Crippen molar-refractivity contribution < 1.29 is 0 Å². The van der Waals surface area contributed by atoms with E-state index in [1.165, 1.54) is 0 Å². The van der Waals surface area contributed by atoms with Crippen LogP contribution in [0.4, 0.5) is 5.82 Å². The third-order valence-electron chi connectivity index (χ3n) is 4.98. The summed E-state index contributed by atoms with van der Waals surface area (Å²) in [5.74, 6) is 0.723. The number of halogens is 1. The fraction of sp³-hybridized carbons (Fsp3) is 0. The van der Waals surface area contributed by atoms with Gasteiger partial charge in [0.25, 0.3) is 0 Å². The number of benzene rings is 3. The van der Waals surface area contributed by atoms with E-state index >= 15 is 0 Å². The summed E-state index contributed by atoms with van der Waals surface area (Å²) in [5.41, 5.74) is 5.95. The smallest absolute Gasteiger partial charge is 0.155 e. The van der Waals surface area contributed by atoms with Gasteiger partial charge in [-0.3, -0.25) is 0 Å². The van der Waals surface area contributed by atoms with Gasteiger partial charge in [0.1, 0.15) is 0 Å². The number of hydrogen-bond donors (Lipinski definition) is 0. The third kappa shape index (κ3) is 3.51. The molecule has 0 aliphatic carbocycles. The van der Waals surface area contributed by atoms with Gasteiger partial charge in [-0.05, 0) is 23.3 Å². The normalized spacial score (nSPS) is 10.8. The van der Waals surface area contributed by atoms with Crippen LogP contribution in [0.1, 0.15) is 11.1 Å². The topological polar surface area (TPSA) is 29.7 Å². The number of hydrogen-bond acceptors (Lipinski definition) is 2. The van der Waals surface area contributed by atoms with Crippen LogP contribution in [0.15, 0.2) is 114 Å². The summed E-state index contributed by atoms with van der Waals surface area (Å²) in [6, 6.07) is 34.7. The molecule has 0 unspecified atom stereocenters. The van der Waals surface area contributed by atoms with Crippen LogP contribution in [0.25, 0.3) is 16.6 Å². The Morgan fingerprint density at radius 3 is 1.87 bits per heavy atom. The predicted octanol–water partition coefficient (Wildman–Crippen LogP) is 6.82. The van der Waals surface area contributed by atoms with E-state index in [1.54, 1.807) is 10.7 Å². The minimum absolute atomic E-state index is 0.602. The Morgan fingerprint density at radius 1 is 0.700 bits per heavy atom. The van der Waals surface area contributed by atoms with E-state index < -0.39 is 0 Å². The Hall–Kier alpha value is -3.69. The predicted molar refractivity (Wildman–Crippen MR) is 124 cm³/mol. The van der Waals surface area contributed by atoms with Gasteiger partial charge in [0.15, 0.2) is 5.82 Å². The van der Waals surface area contributed by atoms with Crippen molar-refractivity contribution in [2.24, 2.45) is 4.99 Å². The molecule has 0 aliphatic heterocycles. The highest BCUT2D eigenvalue weighted by Gasteiger charge is 2.12. The molecule has 0 spiro atoms. The second-order valence-electron chi connectivity index (χ2n) is 6.95. The molecule has 2 aromatic heterocycles. The quantitative estimate of drug-likeness (QED) is 0.300. The lowest BCUT2D eigenvalue weighted by Crippen LogP contribution is -2.04. The number of rotatable bonds is 4. The molecule has 0 fully saturated rings. The molecule has 0 saturated carbocycles. The van der Waals surface area contributed by atoms with Gasteiger partial charge < -0.3 is 0 Å². The maximum atomic E-state index is 6.44. The van der Waals surface area contributed by atoms with Crippen molar-refractivity contribution in [3.8, 4) is 11.1 Å². The van der Waals surface area contributed by atoms with Gasteiger partial charge in [0, 0.05) is 11.1 Å². The van der Waals surface area contributed by atoms with Crippen molar-refractivity contribution in [3.63, 3.8) is 0 Å². The van der Waals surface area contributed by atoms with Gasteiger partial charge >= 0.3 is 0 Å². The van der Waals surface area contributed by atoms with Gasteiger partial charge in [0.2, 0.25) is 0 Å². The van der Waals surface area contributed by atoms with Gasteiger partial charge in [-0.25, -0.2) is 9.51 Å². The molecule has 0 radical (unpaired) electrons. The molecule has 5 rings (SSSR count). The number of aromatic nitrogens is 2. The zero-order chi connectivity index (χ0) is 20.3. The fourth-order valence-electron chi connectivity index (χ4n) is 3.52. The first-order chi connectivity index (χ1) is 14.8. The van der Waals surface area contributed by atoms with E-state index in [4.69, 9.17) is 16.6 Å². The highest BCUT2D eigenvalue weighted by atomic mass is 35.5. The highest BCUT2D eigenvalue weighted by Crippen LogP contribution is 2.30. The summed E-state index contributed by atoms with van der Waals surface area (Å²) in [6.07, 6.45) is 1.66. The molecule has 0 atom stereocenters. The van der Waals surface area contributed by atoms with E-state index in [2.05, 4.69) is 47.6 Å². The maximum Gasteiger partial charge on any atom is 0.155 e. The lowest BCUT2D eigenvalue weighted by molar-refractivity contribution is 0.958. The van der Waals surface area contributed by atoms with E-state index in [0.29, 0.717) is 5.02 Å². The van der Waals surface area contributed by atoms with Crippen molar-refractivity contribution in [2.45, 2.75) is 0 Å². The minimum atomic E-state index is 0.602. The molecule has 0 saturated heterocycles. The number of aliphatic imine (C=N–C) groups is 1. The molecule has 144 valence electrons. The first kappa shape index (κ1) is 18.3. The van der Waals surface area contributed by atoms with Crippen LogP contribution in [-0.4, -0.2) is 15.3 Å². The standard InChI is InChI=1S/C26H18ClN3/c27-23-18-28-30-24(23)16-22(19-10-4-1-5-11-19)17-25(30)29-26(20-12-6-2-7-13-20)21-14-8-3-9-15-21/h1-18H. The van der Waals surface area contributed by atoms with Gasteiger partial charge in [-0.15, -0.1) is 0 Å². The monoisotopic (exact) mass is 407 g/mol. The van der Waals surface area contributed by atoms with Crippen LogP contribution in [0.2, 0.25) is 5.02 Å². The second kappa shape index (κ2) is 7.97. The summed E-state index contributed by atoms with van der Waals surface area (Å²) in [7, 11) is 0. The summed E-state index contributed by atoms with van der Waals surface area (Å²) in [4.78, 5) is 5.09. The third-order valence-corrected chi connectivity index (χ3v) is 5.27. The Kier molecular flexibility index (Phi) is 4.88. The average Bonchev–Trinajstić information content (AvgIpc) is 3.20. The minimum Gasteiger partial charge on any atom is -0.228 e.